The number of likely N-dealkylation sites (tertiary alicyclic amines) is 1. The van der Waals surface area contributed by atoms with Crippen molar-refractivity contribution in [3.05, 3.63) is 33.8 Å². The van der Waals surface area contributed by atoms with Gasteiger partial charge in [0.25, 0.3) is 0 Å². The third kappa shape index (κ3) is 3.27. The maximum absolute atomic E-state index is 12.7. The molecule has 4 atom stereocenters. The number of hydrogen-bond donors (Lipinski definition) is 1. The highest BCUT2D eigenvalue weighted by Crippen LogP contribution is 2.51. The van der Waals surface area contributed by atoms with E-state index in [4.69, 9.17) is 28.9 Å². The Kier molecular flexibility index (Phi) is 4.67. The molecule has 22 heavy (non-hydrogen) atoms. The Morgan fingerprint density at radius 1 is 1.41 bits per heavy atom. The predicted molar refractivity (Wildman–Crippen MR) is 90.3 cm³/mol. The third-order valence-corrected chi connectivity index (χ3v) is 5.55. The lowest BCUT2D eigenvalue weighted by Crippen LogP contribution is -2.45. The first kappa shape index (κ1) is 16.1. The van der Waals surface area contributed by atoms with Crippen molar-refractivity contribution in [2.24, 2.45) is 17.6 Å². The number of piperidine rings is 1. The van der Waals surface area contributed by atoms with E-state index in [1.54, 1.807) is 6.07 Å². The highest BCUT2D eigenvalue weighted by Gasteiger charge is 2.47. The number of nitrogens with two attached hydrogens (primary N) is 1. The zero-order chi connectivity index (χ0) is 15.9. The molecule has 120 valence electrons. The Balaban J connectivity index is 1.65. The number of benzene rings is 1. The molecule has 0 spiro atoms. The van der Waals surface area contributed by atoms with Gasteiger partial charge >= 0.3 is 0 Å². The number of halogens is 2. The first-order chi connectivity index (χ1) is 10.5. The Labute approximate surface area is 141 Å². The van der Waals surface area contributed by atoms with Crippen LogP contribution < -0.4 is 5.73 Å². The maximum atomic E-state index is 12.7. The van der Waals surface area contributed by atoms with Crippen LogP contribution in [0.4, 0.5) is 0 Å². The van der Waals surface area contributed by atoms with Crippen LogP contribution in [0.1, 0.15) is 37.7 Å². The zero-order valence-corrected chi connectivity index (χ0v) is 14.3. The number of nitrogens with zero attached hydrogens (tertiary/aromatic N) is 1. The van der Waals surface area contributed by atoms with E-state index in [1.807, 2.05) is 24.0 Å². The van der Waals surface area contributed by atoms with Crippen LogP contribution in [-0.2, 0) is 4.79 Å². The Bertz CT molecular complexity index is 576. The summed E-state index contributed by atoms with van der Waals surface area (Å²) in [4.78, 5) is 14.7. The summed E-state index contributed by atoms with van der Waals surface area (Å²) in [5.74, 6) is 1.01. The second kappa shape index (κ2) is 6.38. The van der Waals surface area contributed by atoms with Crippen LogP contribution in [0, 0.1) is 11.8 Å². The number of rotatable bonds is 3. The van der Waals surface area contributed by atoms with E-state index in [1.165, 1.54) is 0 Å². The van der Waals surface area contributed by atoms with E-state index < -0.39 is 0 Å². The van der Waals surface area contributed by atoms with Crippen LogP contribution in [0.15, 0.2) is 18.2 Å². The van der Waals surface area contributed by atoms with Gasteiger partial charge in [0.2, 0.25) is 5.91 Å². The maximum Gasteiger partial charge on any atom is 0.226 e. The van der Waals surface area contributed by atoms with E-state index in [-0.39, 0.29) is 23.8 Å². The molecule has 2 N–H and O–H groups in total. The number of carbonyl (C=O) groups excluding carboxylic acids is 1. The molecule has 1 saturated carbocycles. The minimum Gasteiger partial charge on any atom is -0.342 e. The first-order valence-electron chi connectivity index (χ1n) is 7.96. The van der Waals surface area contributed by atoms with Gasteiger partial charge in [-0.25, -0.2) is 0 Å². The summed E-state index contributed by atoms with van der Waals surface area (Å²) in [6.45, 7) is 3.69. The molecule has 1 aliphatic heterocycles. The molecule has 3 nitrogen and oxygen atoms in total. The summed E-state index contributed by atoms with van der Waals surface area (Å²) in [6, 6.07) is 5.70. The summed E-state index contributed by atoms with van der Waals surface area (Å²) in [7, 11) is 0. The van der Waals surface area contributed by atoms with Crippen molar-refractivity contribution in [2.75, 3.05) is 13.1 Å². The molecule has 0 bridgehead atoms. The van der Waals surface area contributed by atoms with Crippen LogP contribution in [0.3, 0.4) is 0 Å². The highest BCUT2D eigenvalue weighted by atomic mass is 35.5. The average molecular weight is 341 g/mol. The number of carbonyl (C=O) groups is 1. The fourth-order valence-corrected chi connectivity index (χ4v) is 4.04. The fourth-order valence-electron chi connectivity index (χ4n) is 3.49. The van der Waals surface area contributed by atoms with E-state index in [9.17, 15) is 4.79 Å². The SMILES string of the molecule is C[C@H](N)[C@@H]1CCCN(C(=O)[C@@H]2C[C@H]2c2ccc(Cl)cc2Cl)C1. The molecular formula is C17H22Cl2N2O. The van der Waals surface area contributed by atoms with Crippen molar-refractivity contribution < 1.29 is 4.79 Å². The molecule has 1 heterocycles. The van der Waals surface area contributed by atoms with Gasteiger partial charge in [0.05, 0.1) is 0 Å². The van der Waals surface area contributed by atoms with Crippen molar-refractivity contribution in [1.29, 1.82) is 0 Å². The van der Waals surface area contributed by atoms with Gasteiger partial charge in [0.15, 0.2) is 0 Å². The van der Waals surface area contributed by atoms with Crippen LogP contribution in [0.25, 0.3) is 0 Å². The van der Waals surface area contributed by atoms with Crippen molar-refractivity contribution in [3.8, 4) is 0 Å². The van der Waals surface area contributed by atoms with Crippen LogP contribution in [0.5, 0.6) is 0 Å². The molecule has 1 aromatic carbocycles. The topological polar surface area (TPSA) is 46.3 Å². The monoisotopic (exact) mass is 340 g/mol. The molecular weight excluding hydrogens is 319 g/mol. The van der Waals surface area contributed by atoms with Crippen LogP contribution in [-0.4, -0.2) is 29.9 Å². The Hall–Kier alpha value is -0.770. The number of hydrogen-bond acceptors (Lipinski definition) is 2. The lowest BCUT2D eigenvalue weighted by atomic mass is 9.92. The normalized spacial score (nSPS) is 29.3. The summed E-state index contributed by atoms with van der Waals surface area (Å²) in [5, 5.41) is 1.30. The molecule has 0 aromatic heterocycles. The molecule has 2 fully saturated rings. The van der Waals surface area contributed by atoms with Gasteiger partial charge in [-0.05, 0) is 55.7 Å². The quantitative estimate of drug-likeness (QED) is 0.912. The zero-order valence-electron chi connectivity index (χ0n) is 12.8. The Morgan fingerprint density at radius 3 is 2.86 bits per heavy atom. The molecule has 1 amide bonds. The smallest absolute Gasteiger partial charge is 0.226 e. The summed E-state index contributed by atoms with van der Waals surface area (Å²) in [5.41, 5.74) is 7.05. The van der Waals surface area contributed by atoms with Crippen LogP contribution >= 0.6 is 23.2 Å². The molecule has 1 saturated heterocycles. The van der Waals surface area contributed by atoms with Gasteiger partial charge in [-0.15, -0.1) is 0 Å². The van der Waals surface area contributed by atoms with Crippen molar-refractivity contribution in [2.45, 2.75) is 38.1 Å². The second-order valence-electron chi connectivity index (χ2n) is 6.66. The minimum atomic E-state index is 0.0745. The highest BCUT2D eigenvalue weighted by molar-refractivity contribution is 6.35. The average Bonchev–Trinajstić information content (AvgIpc) is 3.27. The molecule has 5 heteroatoms. The van der Waals surface area contributed by atoms with Gasteiger partial charge in [-0.1, -0.05) is 29.3 Å². The van der Waals surface area contributed by atoms with Gasteiger partial charge in [-0.3, -0.25) is 4.79 Å². The van der Waals surface area contributed by atoms with Crippen molar-refractivity contribution in [3.63, 3.8) is 0 Å². The van der Waals surface area contributed by atoms with Gasteiger partial charge in [-0.2, -0.15) is 0 Å². The lowest BCUT2D eigenvalue weighted by molar-refractivity contribution is -0.134. The van der Waals surface area contributed by atoms with Gasteiger partial charge < -0.3 is 10.6 Å². The van der Waals surface area contributed by atoms with Gasteiger partial charge in [0.1, 0.15) is 0 Å². The van der Waals surface area contributed by atoms with Crippen molar-refractivity contribution >= 4 is 29.1 Å². The second-order valence-corrected chi connectivity index (χ2v) is 7.50. The van der Waals surface area contributed by atoms with E-state index in [0.29, 0.717) is 16.0 Å². The third-order valence-electron chi connectivity index (χ3n) is 4.98. The molecule has 0 unspecified atom stereocenters. The molecule has 1 aliphatic carbocycles. The first-order valence-corrected chi connectivity index (χ1v) is 8.72. The number of amides is 1. The van der Waals surface area contributed by atoms with E-state index in [0.717, 1.165) is 37.9 Å². The molecule has 0 radical (unpaired) electrons. The minimum absolute atomic E-state index is 0.0745. The standard InChI is InChI=1S/C17H22Cl2N2O/c1-10(20)11-3-2-6-21(9-11)17(22)15-8-14(15)13-5-4-12(18)7-16(13)19/h4-5,7,10-11,14-15H,2-3,6,8-9,20H2,1H3/t10-,11+,14-,15+/m0/s1. The predicted octanol–water partition coefficient (Wildman–Crippen LogP) is 3.68. The van der Waals surface area contributed by atoms with E-state index in [2.05, 4.69) is 0 Å². The van der Waals surface area contributed by atoms with Crippen molar-refractivity contribution in [1.82, 2.24) is 4.90 Å². The summed E-state index contributed by atoms with van der Waals surface area (Å²) in [6.07, 6.45) is 3.06. The van der Waals surface area contributed by atoms with Crippen LogP contribution in [0.2, 0.25) is 10.0 Å². The summed E-state index contributed by atoms with van der Waals surface area (Å²) < 4.78 is 0. The fraction of sp³-hybridized carbons (Fsp3) is 0.588. The van der Waals surface area contributed by atoms with Gasteiger partial charge in [0, 0.05) is 35.1 Å². The summed E-state index contributed by atoms with van der Waals surface area (Å²) >= 11 is 12.2. The largest absolute Gasteiger partial charge is 0.342 e. The lowest BCUT2D eigenvalue weighted by Gasteiger charge is -2.35. The Morgan fingerprint density at radius 2 is 2.18 bits per heavy atom. The molecule has 2 aliphatic rings. The molecule has 1 aromatic rings. The molecule has 3 rings (SSSR count). The van der Waals surface area contributed by atoms with E-state index >= 15 is 0 Å².